The maximum absolute atomic E-state index is 9.76. The number of unbranched alkanes of at least 4 members (excludes halogenated alkanes) is 1. The first kappa shape index (κ1) is 19.0. The lowest BCUT2D eigenvalue weighted by molar-refractivity contribution is 0.0676. The Morgan fingerprint density at radius 1 is 1.09 bits per heavy atom. The van der Waals surface area contributed by atoms with Gasteiger partial charge in [-0.25, -0.2) is 0 Å². The summed E-state index contributed by atoms with van der Waals surface area (Å²) in [7, 11) is 0. The topological polar surface area (TPSA) is 40.5 Å². The Bertz CT molecular complexity index is 372. The van der Waals surface area contributed by atoms with E-state index in [-0.39, 0.29) is 6.10 Å². The van der Waals surface area contributed by atoms with Crippen molar-refractivity contribution in [1.82, 2.24) is 0 Å². The van der Waals surface area contributed by atoms with Crippen molar-refractivity contribution in [1.29, 1.82) is 0 Å². The van der Waals surface area contributed by atoms with E-state index in [1.807, 2.05) is 13.8 Å². The lowest BCUT2D eigenvalue weighted by atomic mass is 9.74. The van der Waals surface area contributed by atoms with Gasteiger partial charge in [0.15, 0.2) is 0 Å². The summed E-state index contributed by atoms with van der Waals surface area (Å²) in [5.74, 6) is 1.67. The van der Waals surface area contributed by atoms with E-state index < -0.39 is 5.60 Å². The van der Waals surface area contributed by atoms with E-state index in [0.717, 1.165) is 50.4 Å². The van der Waals surface area contributed by atoms with Gasteiger partial charge in [-0.05, 0) is 82.5 Å². The van der Waals surface area contributed by atoms with Gasteiger partial charge >= 0.3 is 0 Å². The molecule has 2 nitrogen and oxygen atoms in total. The summed E-state index contributed by atoms with van der Waals surface area (Å²) in [6, 6.07) is 0. The molecule has 0 aromatic carbocycles. The maximum Gasteiger partial charge on any atom is 0.0591 e. The molecule has 2 saturated carbocycles. The molecule has 2 heteroatoms. The molecule has 2 aliphatic rings. The molecule has 0 heterocycles. The summed E-state index contributed by atoms with van der Waals surface area (Å²) in [6.45, 7) is 6.18. The monoisotopic (exact) mass is 322 g/mol. The highest BCUT2D eigenvalue weighted by atomic mass is 16.3. The first-order valence-corrected chi connectivity index (χ1v) is 9.86. The van der Waals surface area contributed by atoms with Gasteiger partial charge in [-0.1, -0.05) is 38.3 Å². The average Bonchev–Trinajstić information content (AvgIpc) is 2.92. The number of rotatable bonds is 7. The lowest BCUT2D eigenvalue weighted by Gasteiger charge is -2.33. The standard InChI is InChI=1S/C21H38O2/c1-20(2,23)12-5-4-6-17-7-8-18(16-17)9-13-21(3)14-10-19(22)11-15-21/h9,13,17-19,22-23H,4-8,10-12,14-16H2,1-3H3/b13-9+/t17-,18-,19?,21?/m1/s1. The fraction of sp³-hybridized carbons (Fsp3) is 0.905. The molecule has 2 rings (SSSR count). The van der Waals surface area contributed by atoms with Crippen LogP contribution in [0.2, 0.25) is 0 Å². The Hall–Kier alpha value is -0.340. The van der Waals surface area contributed by atoms with E-state index in [9.17, 15) is 10.2 Å². The lowest BCUT2D eigenvalue weighted by Crippen LogP contribution is -2.25. The molecule has 0 bridgehead atoms. The minimum absolute atomic E-state index is 0.0590. The zero-order chi connectivity index (χ0) is 16.9. The molecule has 2 aliphatic carbocycles. The van der Waals surface area contributed by atoms with Gasteiger partial charge in [-0.2, -0.15) is 0 Å². The van der Waals surface area contributed by atoms with Gasteiger partial charge in [0, 0.05) is 0 Å². The van der Waals surface area contributed by atoms with Crippen LogP contribution in [0.4, 0.5) is 0 Å². The second-order valence-corrected chi connectivity index (χ2v) is 9.24. The SMILES string of the molecule is CC(C)(O)CCCC[C@@H]1CC[C@H](/C=C/C2(C)CCC(O)CC2)C1. The van der Waals surface area contributed by atoms with Crippen LogP contribution < -0.4 is 0 Å². The molecule has 2 atom stereocenters. The van der Waals surface area contributed by atoms with Crippen LogP contribution in [0.15, 0.2) is 12.2 Å². The van der Waals surface area contributed by atoms with Gasteiger partial charge < -0.3 is 10.2 Å². The van der Waals surface area contributed by atoms with Crippen LogP contribution in [-0.2, 0) is 0 Å². The Balaban J connectivity index is 1.66. The molecule has 0 aromatic rings. The predicted octanol–water partition coefficient (Wildman–Crippen LogP) is 5.23. The van der Waals surface area contributed by atoms with E-state index in [1.54, 1.807) is 0 Å². The van der Waals surface area contributed by atoms with Crippen LogP contribution in [0.25, 0.3) is 0 Å². The second kappa shape index (κ2) is 8.16. The first-order chi connectivity index (χ1) is 10.8. The van der Waals surface area contributed by atoms with Crippen molar-refractivity contribution in [2.75, 3.05) is 0 Å². The highest BCUT2D eigenvalue weighted by Crippen LogP contribution is 2.40. The fourth-order valence-electron chi connectivity index (χ4n) is 4.34. The zero-order valence-electron chi connectivity index (χ0n) is 15.6. The summed E-state index contributed by atoms with van der Waals surface area (Å²) in [6.07, 6.45) is 17.9. The van der Waals surface area contributed by atoms with Crippen LogP contribution in [-0.4, -0.2) is 21.9 Å². The summed E-state index contributed by atoms with van der Waals surface area (Å²) in [5.41, 5.74) is -0.173. The van der Waals surface area contributed by atoms with Crippen molar-refractivity contribution in [3.63, 3.8) is 0 Å². The highest BCUT2D eigenvalue weighted by molar-refractivity contribution is 5.03. The normalized spacial score (nSPS) is 36.0. The number of hydrogen-bond donors (Lipinski definition) is 2. The molecule has 134 valence electrons. The Kier molecular flexibility index (Phi) is 6.74. The molecule has 0 aliphatic heterocycles. The molecule has 0 unspecified atom stereocenters. The molecular formula is C21H38O2. The third kappa shape index (κ3) is 6.97. The van der Waals surface area contributed by atoms with Crippen molar-refractivity contribution in [2.24, 2.45) is 17.3 Å². The van der Waals surface area contributed by atoms with E-state index in [0.29, 0.717) is 5.41 Å². The van der Waals surface area contributed by atoms with Gasteiger partial charge in [0.05, 0.1) is 11.7 Å². The third-order valence-corrected chi connectivity index (χ3v) is 6.10. The molecule has 0 spiro atoms. The molecule has 0 saturated heterocycles. The fourth-order valence-corrected chi connectivity index (χ4v) is 4.34. The molecular weight excluding hydrogens is 284 g/mol. The van der Waals surface area contributed by atoms with E-state index in [2.05, 4.69) is 19.1 Å². The highest BCUT2D eigenvalue weighted by Gasteiger charge is 2.29. The summed E-state index contributed by atoms with van der Waals surface area (Å²) >= 11 is 0. The van der Waals surface area contributed by atoms with Gasteiger partial charge in [-0.3, -0.25) is 0 Å². The molecule has 2 fully saturated rings. The Morgan fingerprint density at radius 2 is 1.78 bits per heavy atom. The molecule has 0 amide bonds. The van der Waals surface area contributed by atoms with Gasteiger partial charge in [-0.15, -0.1) is 0 Å². The summed E-state index contributed by atoms with van der Waals surface area (Å²) in [4.78, 5) is 0. The van der Waals surface area contributed by atoms with Crippen LogP contribution in [0.5, 0.6) is 0 Å². The second-order valence-electron chi connectivity index (χ2n) is 9.24. The van der Waals surface area contributed by atoms with Crippen molar-refractivity contribution >= 4 is 0 Å². The van der Waals surface area contributed by atoms with Gasteiger partial charge in [0.25, 0.3) is 0 Å². The van der Waals surface area contributed by atoms with E-state index in [1.165, 1.54) is 32.1 Å². The number of hydrogen-bond acceptors (Lipinski definition) is 2. The van der Waals surface area contributed by atoms with Crippen LogP contribution in [0.1, 0.15) is 91.4 Å². The summed E-state index contributed by atoms with van der Waals surface area (Å²) < 4.78 is 0. The smallest absolute Gasteiger partial charge is 0.0591 e. The predicted molar refractivity (Wildman–Crippen MR) is 97.3 cm³/mol. The third-order valence-electron chi connectivity index (χ3n) is 6.10. The van der Waals surface area contributed by atoms with Gasteiger partial charge in [0.1, 0.15) is 0 Å². The zero-order valence-corrected chi connectivity index (χ0v) is 15.6. The number of aliphatic hydroxyl groups is 2. The number of aliphatic hydroxyl groups excluding tert-OH is 1. The minimum Gasteiger partial charge on any atom is -0.393 e. The molecule has 23 heavy (non-hydrogen) atoms. The molecule has 0 aromatic heterocycles. The van der Waals surface area contributed by atoms with E-state index >= 15 is 0 Å². The van der Waals surface area contributed by atoms with Crippen molar-refractivity contribution < 1.29 is 10.2 Å². The quantitative estimate of drug-likeness (QED) is 0.497. The first-order valence-electron chi connectivity index (χ1n) is 9.86. The van der Waals surface area contributed by atoms with E-state index in [4.69, 9.17) is 0 Å². The van der Waals surface area contributed by atoms with Crippen LogP contribution >= 0.6 is 0 Å². The molecule has 2 N–H and O–H groups in total. The van der Waals surface area contributed by atoms with Crippen molar-refractivity contribution in [2.45, 2.75) is 103 Å². The average molecular weight is 323 g/mol. The van der Waals surface area contributed by atoms with Crippen LogP contribution in [0, 0.1) is 17.3 Å². The largest absolute Gasteiger partial charge is 0.393 e. The Morgan fingerprint density at radius 3 is 2.43 bits per heavy atom. The van der Waals surface area contributed by atoms with Gasteiger partial charge in [0.2, 0.25) is 0 Å². The van der Waals surface area contributed by atoms with Crippen LogP contribution in [0.3, 0.4) is 0 Å². The number of allylic oxidation sites excluding steroid dienone is 2. The molecule has 0 radical (unpaired) electrons. The maximum atomic E-state index is 9.76. The van der Waals surface area contributed by atoms with Crippen molar-refractivity contribution in [3.8, 4) is 0 Å². The van der Waals surface area contributed by atoms with Crippen molar-refractivity contribution in [3.05, 3.63) is 12.2 Å². The summed E-state index contributed by atoms with van der Waals surface area (Å²) in [5, 5.41) is 19.4. The Labute approximate surface area is 143 Å². The minimum atomic E-state index is -0.496.